The van der Waals surface area contributed by atoms with Crippen molar-refractivity contribution in [1.82, 2.24) is 10.3 Å². The fraction of sp³-hybridized carbons (Fsp3) is 0.368. The minimum absolute atomic E-state index is 0.0158. The highest BCUT2D eigenvalue weighted by atomic mass is 16.5. The van der Waals surface area contributed by atoms with E-state index in [0.29, 0.717) is 6.42 Å². The molecule has 0 aliphatic carbocycles. The number of amides is 1. The third-order valence-electron chi connectivity index (χ3n) is 4.03. The first kappa shape index (κ1) is 15.5. The van der Waals surface area contributed by atoms with Crippen LogP contribution >= 0.6 is 0 Å². The lowest BCUT2D eigenvalue weighted by Gasteiger charge is -2.38. The van der Waals surface area contributed by atoms with Gasteiger partial charge in [0.15, 0.2) is 0 Å². The summed E-state index contributed by atoms with van der Waals surface area (Å²) in [6.07, 6.45) is 2.75. The van der Waals surface area contributed by atoms with Crippen LogP contribution in [0, 0.1) is 6.92 Å². The molecule has 1 aliphatic heterocycles. The number of fused-ring (bicyclic) bond motifs is 1. The lowest BCUT2D eigenvalue weighted by atomic mass is 9.89. The highest BCUT2D eigenvalue weighted by Crippen LogP contribution is 2.39. The summed E-state index contributed by atoms with van der Waals surface area (Å²) in [6, 6.07) is 11.7. The van der Waals surface area contributed by atoms with Crippen LogP contribution in [0.25, 0.3) is 0 Å². The molecule has 0 radical (unpaired) electrons. The molecule has 2 heterocycles. The molecule has 1 amide bonds. The van der Waals surface area contributed by atoms with Crippen molar-refractivity contribution < 1.29 is 9.53 Å². The second-order valence-electron chi connectivity index (χ2n) is 6.73. The molecule has 1 N–H and O–H groups in total. The summed E-state index contributed by atoms with van der Waals surface area (Å²) in [4.78, 5) is 16.6. The molecule has 23 heavy (non-hydrogen) atoms. The topological polar surface area (TPSA) is 51.2 Å². The van der Waals surface area contributed by atoms with Crippen molar-refractivity contribution in [3.63, 3.8) is 0 Å². The van der Waals surface area contributed by atoms with Crippen LogP contribution in [0.2, 0.25) is 0 Å². The standard InChI is InChI=1S/C19H22N2O2/c1-13-7-8-15-16(12-19(2,3)23-17(15)10-13)21-18(22)11-14-6-4-5-9-20-14/h4-10,16H,11-12H2,1-3H3,(H,21,22)/t16-/m0/s1. The summed E-state index contributed by atoms with van der Waals surface area (Å²) >= 11 is 0. The van der Waals surface area contributed by atoms with Gasteiger partial charge in [0.05, 0.1) is 12.5 Å². The zero-order valence-corrected chi connectivity index (χ0v) is 13.8. The number of aryl methyl sites for hydroxylation is 1. The molecular formula is C19H22N2O2. The van der Waals surface area contributed by atoms with Crippen LogP contribution in [-0.2, 0) is 11.2 Å². The van der Waals surface area contributed by atoms with E-state index in [2.05, 4.69) is 30.2 Å². The van der Waals surface area contributed by atoms with Crippen LogP contribution in [0.4, 0.5) is 0 Å². The fourth-order valence-corrected chi connectivity index (χ4v) is 3.00. The lowest BCUT2D eigenvalue weighted by molar-refractivity contribution is -0.121. The number of carbonyl (C=O) groups is 1. The molecule has 0 spiro atoms. The van der Waals surface area contributed by atoms with E-state index < -0.39 is 0 Å². The maximum absolute atomic E-state index is 12.4. The number of pyridine rings is 1. The molecular weight excluding hydrogens is 288 g/mol. The van der Waals surface area contributed by atoms with Crippen molar-refractivity contribution in [2.45, 2.75) is 45.3 Å². The van der Waals surface area contributed by atoms with Gasteiger partial charge in [0.25, 0.3) is 0 Å². The van der Waals surface area contributed by atoms with Crippen LogP contribution in [0.15, 0.2) is 42.6 Å². The van der Waals surface area contributed by atoms with E-state index in [1.54, 1.807) is 6.20 Å². The number of nitrogens with one attached hydrogen (secondary N) is 1. The first-order valence-electron chi connectivity index (χ1n) is 7.92. The molecule has 0 saturated heterocycles. The minimum Gasteiger partial charge on any atom is -0.487 e. The van der Waals surface area contributed by atoms with Gasteiger partial charge in [-0.3, -0.25) is 9.78 Å². The van der Waals surface area contributed by atoms with E-state index in [4.69, 9.17) is 4.74 Å². The van der Waals surface area contributed by atoms with Gasteiger partial charge in [0.2, 0.25) is 5.91 Å². The first-order valence-corrected chi connectivity index (χ1v) is 7.92. The largest absolute Gasteiger partial charge is 0.487 e. The second kappa shape index (κ2) is 6.03. The Morgan fingerprint density at radius 3 is 2.91 bits per heavy atom. The Hall–Kier alpha value is -2.36. The van der Waals surface area contributed by atoms with Gasteiger partial charge >= 0.3 is 0 Å². The number of hydrogen-bond donors (Lipinski definition) is 1. The van der Waals surface area contributed by atoms with E-state index >= 15 is 0 Å². The van der Waals surface area contributed by atoms with Crippen LogP contribution in [0.3, 0.4) is 0 Å². The monoisotopic (exact) mass is 310 g/mol. The van der Waals surface area contributed by atoms with Gasteiger partial charge in [0.1, 0.15) is 11.4 Å². The molecule has 1 aromatic carbocycles. The Bertz CT molecular complexity index is 711. The molecule has 4 nitrogen and oxygen atoms in total. The minimum atomic E-state index is -0.302. The van der Waals surface area contributed by atoms with Gasteiger partial charge in [0, 0.05) is 23.9 Å². The van der Waals surface area contributed by atoms with Crippen molar-refractivity contribution in [2.24, 2.45) is 0 Å². The summed E-state index contributed by atoms with van der Waals surface area (Å²) in [6.45, 7) is 6.15. The maximum Gasteiger partial charge on any atom is 0.226 e. The summed E-state index contributed by atoms with van der Waals surface area (Å²) in [5, 5.41) is 3.14. The Labute approximate surface area is 136 Å². The van der Waals surface area contributed by atoms with E-state index in [-0.39, 0.29) is 17.6 Å². The predicted molar refractivity (Wildman–Crippen MR) is 89.3 cm³/mol. The number of hydrogen-bond acceptors (Lipinski definition) is 3. The predicted octanol–water partition coefficient (Wildman–Crippen LogP) is 3.35. The second-order valence-corrected chi connectivity index (χ2v) is 6.73. The number of nitrogens with zero attached hydrogens (tertiary/aromatic N) is 1. The van der Waals surface area contributed by atoms with E-state index in [1.165, 1.54) is 0 Å². The zero-order valence-electron chi connectivity index (χ0n) is 13.8. The number of aromatic nitrogens is 1. The number of carbonyl (C=O) groups excluding carboxylic acids is 1. The summed E-state index contributed by atoms with van der Waals surface area (Å²) < 4.78 is 6.07. The van der Waals surface area contributed by atoms with Gasteiger partial charge in [-0.1, -0.05) is 18.2 Å². The molecule has 4 heteroatoms. The smallest absolute Gasteiger partial charge is 0.226 e. The fourth-order valence-electron chi connectivity index (χ4n) is 3.00. The maximum atomic E-state index is 12.4. The van der Waals surface area contributed by atoms with Crippen LogP contribution < -0.4 is 10.1 Å². The Kier molecular flexibility index (Phi) is 4.07. The van der Waals surface area contributed by atoms with Crippen molar-refractivity contribution in [3.05, 3.63) is 59.4 Å². The number of ether oxygens (including phenoxy) is 1. The van der Waals surface area contributed by atoms with Gasteiger partial charge in [-0.05, 0) is 44.5 Å². The highest BCUT2D eigenvalue weighted by Gasteiger charge is 2.34. The normalized spacial score (nSPS) is 18.7. The van der Waals surface area contributed by atoms with Gasteiger partial charge in [-0.25, -0.2) is 0 Å². The average molecular weight is 310 g/mol. The summed E-state index contributed by atoms with van der Waals surface area (Å²) in [7, 11) is 0. The lowest BCUT2D eigenvalue weighted by Crippen LogP contribution is -2.41. The van der Waals surface area contributed by atoms with Gasteiger partial charge < -0.3 is 10.1 Å². The summed E-state index contributed by atoms with van der Waals surface area (Å²) in [5.74, 6) is 0.849. The SMILES string of the molecule is Cc1ccc2c(c1)OC(C)(C)C[C@@H]2NC(=O)Cc1ccccn1. The third kappa shape index (κ3) is 3.70. The molecule has 0 fully saturated rings. The molecule has 1 aromatic heterocycles. The Balaban J connectivity index is 1.78. The zero-order chi connectivity index (χ0) is 16.4. The Morgan fingerprint density at radius 2 is 2.17 bits per heavy atom. The Morgan fingerprint density at radius 1 is 1.35 bits per heavy atom. The molecule has 1 atom stereocenters. The molecule has 0 bridgehead atoms. The molecule has 1 aliphatic rings. The number of rotatable bonds is 3. The van der Waals surface area contributed by atoms with E-state index in [1.807, 2.05) is 37.3 Å². The van der Waals surface area contributed by atoms with E-state index in [9.17, 15) is 4.79 Å². The van der Waals surface area contributed by atoms with Crippen molar-refractivity contribution >= 4 is 5.91 Å². The quantitative estimate of drug-likeness (QED) is 0.946. The highest BCUT2D eigenvalue weighted by molar-refractivity contribution is 5.78. The number of benzene rings is 1. The molecule has 120 valence electrons. The van der Waals surface area contributed by atoms with Crippen molar-refractivity contribution in [3.8, 4) is 5.75 Å². The average Bonchev–Trinajstić information content (AvgIpc) is 2.46. The van der Waals surface area contributed by atoms with Crippen molar-refractivity contribution in [1.29, 1.82) is 0 Å². The molecule has 0 unspecified atom stereocenters. The van der Waals surface area contributed by atoms with Crippen LogP contribution in [0.1, 0.15) is 43.1 Å². The molecule has 2 aromatic rings. The van der Waals surface area contributed by atoms with Crippen LogP contribution in [-0.4, -0.2) is 16.5 Å². The molecule has 3 rings (SSSR count). The first-order chi connectivity index (χ1) is 10.9. The third-order valence-corrected chi connectivity index (χ3v) is 4.03. The van der Waals surface area contributed by atoms with Gasteiger partial charge in [-0.2, -0.15) is 0 Å². The van der Waals surface area contributed by atoms with E-state index in [0.717, 1.165) is 29.0 Å². The van der Waals surface area contributed by atoms with Crippen molar-refractivity contribution in [2.75, 3.05) is 0 Å². The van der Waals surface area contributed by atoms with Crippen LogP contribution in [0.5, 0.6) is 5.75 Å². The molecule has 0 saturated carbocycles. The van der Waals surface area contributed by atoms with Gasteiger partial charge in [-0.15, -0.1) is 0 Å². The summed E-state index contributed by atoms with van der Waals surface area (Å²) in [5.41, 5.74) is 2.67.